The van der Waals surface area contributed by atoms with E-state index in [1.165, 1.54) is 12.1 Å². The average molecular weight is 268 g/mol. The molecule has 1 aliphatic carbocycles. The summed E-state index contributed by atoms with van der Waals surface area (Å²) in [5.74, 6) is 1.12. The predicted octanol–water partition coefficient (Wildman–Crippen LogP) is 4.21. The number of hydrogen-bond acceptors (Lipinski definition) is 2. The molecule has 0 bridgehead atoms. The summed E-state index contributed by atoms with van der Waals surface area (Å²) >= 11 is 6.05. The number of halogens is 2. The maximum atomic E-state index is 13.5. The topological polar surface area (TPSA) is 25.2 Å². The summed E-state index contributed by atoms with van der Waals surface area (Å²) in [6.07, 6.45) is 2.31. The molecule has 0 unspecified atom stereocenters. The SMILES string of the molecule is CCNCc1oc2c(Cl)cc(F)cc2c1C1CC1. The largest absolute Gasteiger partial charge is 0.458 e. The number of nitrogens with one attached hydrogen (secondary N) is 1. The molecule has 0 saturated heterocycles. The van der Waals surface area contributed by atoms with Crippen LogP contribution in [-0.4, -0.2) is 6.54 Å². The van der Waals surface area contributed by atoms with Gasteiger partial charge in [-0.05, 0) is 37.4 Å². The van der Waals surface area contributed by atoms with Crippen LogP contribution in [0.25, 0.3) is 11.0 Å². The van der Waals surface area contributed by atoms with Gasteiger partial charge in [0.15, 0.2) is 5.58 Å². The van der Waals surface area contributed by atoms with Gasteiger partial charge in [0.25, 0.3) is 0 Å². The Morgan fingerprint density at radius 2 is 2.22 bits per heavy atom. The van der Waals surface area contributed by atoms with E-state index >= 15 is 0 Å². The normalized spacial score (nSPS) is 15.5. The zero-order valence-corrected chi connectivity index (χ0v) is 11.0. The molecule has 96 valence electrons. The molecule has 0 amide bonds. The van der Waals surface area contributed by atoms with Crippen LogP contribution in [0.2, 0.25) is 5.02 Å². The molecule has 1 saturated carbocycles. The number of furan rings is 1. The minimum Gasteiger partial charge on any atom is -0.458 e. The molecule has 1 aliphatic rings. The Morgan fingerprint density at radius 3 is 2.89 bits per heavy atom. The molecule has 1 aromatic heterocycles. The summed E-state index contributed by atoms with van der Waals surface area (Å²) in [6.45, 7) is 3.60. The fourth-order valence-electron chi connectivity index (χ4n) is 2.38. The Labute approximate surface area is 110 Å². The smallest absolute Gasteiger partial charge is 0.153 e. The van der Waals surface area contributed by atoms with Crippen molar-refractivity contribution in [3.63, 3.8) is 0 Å². The summed E-state index contributed by atoms with van der Waals surface area (Å²) in [5, 5.41) is 4.45. The lowest BCUT2D eigenvalue weighted by atomic mass is 10.1. The van der Waals surface area contributed by atoms with Crippen molar-refractivity contribution in [3.05, 3.63) is 34.3 Å². The van der Waals surface area contributed by atoms with Gasteiger partial charge < -0.3 is 9.73 Å². The van der Waals surface area contributed by atoms with Gasteiger partial charge in [-0.25, -0.2) is 4.39 Å². The van der Waals surface area contributed by atoms with E-state index in [0.717, 1.165) is 36.1 Å². The van der Waals surface area contributed by atoms with Crippen LogP contribution in [-0.2, 0) is 6.54 Å². The first-order chi connectivity index (χ1) is 8.70. The van der Waals surface area contributed by atoms with Gasteiger partial charge in [-0.1, -0.05) is 18.5 Å². The lowest BCUT2D eigenvalue weighted by Gasteiger charge is -2.01. The fourth-order valence-corrected chi connectivity index (χ4v) is 2.63. The van der Waals surface area contributed by atoms with Crippen molar-refractivity contribution in [1.29, 1.82) is 0 Å². The van der Waals surface area contributed by atoms with Crippen LogP contribution < -0.4 is 5.32 Å². The highest BCUT2D eigenvalue weighted by molar-refractivity contribution is 6.35. The van der Waals surface area contributed by atoms with Crippen LogP contribution >= 0.6 is 11.6 Å². The summed E-state index contributed by atoms with van der Waals surface area (Å²) in [5.41, 5.74) is 1.76. The molecular weight excluding hydrogens is 253 g/mol. The van der Waals surface area contributed by atoms with Crippen molar-refractivity contribution in [2.75, 3.05) is 6.54 Å². The molecule has 0 radical (unpaired) electrons. The van der Waals surface area contributed by atoms with Gasteiger partial charge in [0.2, 0.25) is 0 Å². The van der Waals surface area contributed by atoms with Crippen molar-refractivity contribution in [1.82, 2.24) is 5.32 Å². The number of benzene rings is 1. The van der Waals surface area contributed by atoms with Crippen LogP contribution in [0.15, 0.2) is 16.5 Å². The van der Waals surface area contributed by atoms with Crippen molar-refractivity contribution in [3.8, 4) is 0 Å². The summed E-state index contributed by atoms with van der Waals surface area (Å²) in [6, 6.07) is 2.84. The highest BCUT2D eigenvalue weighted by atomic mass is 35.5. The summed E-state index contributed by atoms with van der Waals surface area (Å²) < 4.78 is 19.3. The average Bonchev–Trinajstić information content (AvgIpc) is 3.09. The Bertz CT molecular complexity index is 589. The second-order valence-corrected chi connectivity index (χ2v) is 5.17. The standard InChI is InChI=1S/C14H15ClFNO/c1-2-17-7-12-13(8-3-4-8)10-5-9(16)6-11(15)14(10)18-12/h5-6,8,17H,2-4,7H2,1H3. The molecule has 2 nitrogen and oxygen atoms in total. The molecule has 1 N–H and O–H groups in total. The fraction of sp³-hybridized carbons (Fsp3) is 0.429. The van der Waals surface area contributed by atoms with Crippen molar-refractivity contribution < 1.29 is 8.81 Å². The monoisotopic (exact) mass is 267 g/mol. The van der Waals surface area contributed by atoms with Crippen LogP contribution in [0.4, 0.5) is 4.39 Å². The first-order valence-corrected chi connectivity index (χ1v) is 6.69. The number of hydrogen-bond donors (Lipinski definition) is 1. The number of fused-ring (bicyclic) bond motifs is 1. The molecule has 0 aliphatic heterocycles. The molecule has 1 aromatic carbocycles. The summed E-state index contributed by atoms with van der Waals surface area (Å²) in [4.78, 5) is 0. The van der Waals surface area contributed by atoms with Crippen LogP contribution in [0.1, 0.15) is 37.0 Å². The molecule has 0 atom stereocenters. The van der Waals surface area contributed by atoms with Crippen LogP contribution in [0.5, 0.6) is 0 Å². The molecular formula is C14H15ClFNO. The first-order valence-electron chi connectivity index (χ1n) is 6.31. The Balaban J connectivity index is 2.16. The van der Waals surface area contributed by atoms with E-state index in [2.05, 4.69) is 5.32 Å². The van der Waals surface area contributed by atoms with Gasteiger partial charge in [-0.2, -0.15) is 0 Å². The second kappa shape index (κ2) is 4.56. The van der Waals surface area contributed by atoms with Gasteiger partial charge in [-0.15, -0.1) is 0 Å². The molecule has 1 heterocycles. The van der Waals surface area contributed by atoms with E-state index in [1.807, 2.05) is 6.92 Å². The Kier molecular flexibility index (Phi) is 3.04. The third-order valence-corrected chi connectivity index (χ3v) is 3.63. The van der Waals surface area contributed by atoms with E-state index in [4.69, 9.17) is 16.0 Å². The summed E-state index contributed by atoms with van der Waals surface area (Å²) in [7, 11) is 0. The Hall–Kier alpha value is -1.06. The lowest BCUT2D eigenvalue weighted by Crippen LogP contribution is -2.12. The third-order valence-electron chi connectivity index (χ3n) is 3.35. The quantitative estimate of drug-likeness (QED) is 0.898. The lowest BCUT2D eigenvalue weighted by molar-refractivity contribution is 0.513. The first kappa shape index (κ1) is 12.0. The van der Waals surface area contributed by atoms with Gasteiger partial charge in [0.1, 0.15) is 11.6 Å². The third kappa shape index (κ3) is 2.02. The predicted molar refractivity (Wildman–Crippen MR) is 70.5 cm³/mol. The molecule has 4 heteroatoms. The maximum Gasteiger partial charge on any atom is 0.153 e. The van der Waals surface area contributed by atoms with Crippen molar-refractivity contribution in [2.45, 2.75) is 32.2 Å². The van der Waals surface area contributed by atoms with E-state index in [1.54, 1.807) is 0 Å². The van der Waals surface area contributed by atoms with E-state index < -0.39 is 0 Å². The van der Waals surface area contributed by atoms with Gasteiger partial charge in [0, 0.05) is 10.9 Å². The van der Waals surface area contributed by atoms with E-state index in [-0.39, 0.29) is 5.82 Å². The van der Waals surface area contributed by atoms with Gasteiger partial charge >= 0.3 is 0 Å². The molecule has 0 spiro atoms. The molecule has 18 heavy (non-hydrogen) atoms. The second-order valence-electron chi connectivity index (χ2n) is 4.76. The molecule has 3 rings (SSSR count). The highest BCUT2D eigenvalue weighted by Gasteiger charge is 2.31. The van der Waals surface area contributed by atoms with Crippen molar-refractivity contribution in [2.24, 2.45) is 0 Å². The van der Waals surface area contributed by atoms with Gasteiger partial charge in [0.05, 0.1) is 11.6 Å². The number of rotatable bonds is 4. The highest BCUT2D eigenvalue weighted by Crippen LogP contribution is 2.47. The van der Waals surface area contributed by atoms with Crippen LogP contribution in [0, 0.1) is 5.82 Å². The Morgan fingerprint density at radius 1 is 1.44 bits per heavy atom. The molecule has 2 aromatic rings. The molecule has 1 fully saturated rings. The van der Waals surface area contributed by atoms with E-state index in [9.17, 15) is 4.39 Å². The minimum atomic E-state index is -0.301. The van der Waals surface area contributed by atoms with E-state index in [0.29, 0.717) is 23.1 Å². The van der Waals surface area contributed by atoms with Crippen LogP contribution in [0.3, 0.4) is 0 Å². The maximum absolute atomic E-state index is 13.5. The zero-order chi connectivity index (χ0) is 12.7. The zero-order valence-electron chi connectivity index (χ0n) is 10.2. The van der Waals surface area contributed by atoms with Crippen molar-refractivity contribution >= 4 is 22.6 Å². The van der Waals surface area contributed by atoms with Gasteiger partial charge in [-0.3, -0.25) is 0 Å². The minimum absolute atomic E-state index is 0.301.